The fourth-order valence-electron chi connectivity index (χ4n) is 2.53. The van der Waals surface area contributed by atoms with E-state index in [1.54, 1.807) is 11.3 Å². The molecule has 0 amide bonds. The van der Waals surface area contributed by atoms with E-state index in [2.05, 4.69) is 23.2 Å². The number of nitrogens with zero attached hydrogens (tertiary/aromatic N) is 1. The van der Waals surface area contributed by atoms with Crippen LogP contribution in [0.5, 0.6) is 5.75 Å². The molecular formula is C15H18N2OS. The lowest BCUT2D eigenvalue weighted by atomic mass is 9.91. The molecule has 2 N–H and O–H groups in total. The number of hydrogen-bond acceptors (Lipinski definition) is 4. The third-order valence-corrected chi connectivity index (χ3v) is 4.38. The van der Waals surface area contributed by atoms with Gasteiger partial charge in [0.15, 0.2) is 0 Å². The van der Waals surface area contributed by atoms with E-state index >= 15 is 0 Å². The molecule has 1 aromatic heterocycles. The highest BCUT2D eigenvalue weighted by atomic mass is 32.1. The molecule has 1 aliphatic rings. The normalized spacial score (nSPS) is 14.2. The molecule has 0 saturated carbocycles. The van der Waals surface area contributed by atoms with Crippen LogP contribution in [0.2, 0.25) is 0 Å². The highest BCUT2D eigenvalue weighted by molar-refractivity contribution is 7.09. The van der Waals surface area contributed by atoms with Crippen molar-refractivity contribution in [3.8, 4) is 5.75 Å². The van der Waals surface area contributed by atoms with E-state index in [4.69, 9.17) is 10.5 Å². The van der Waals surface area contributed by atoms with Gasteiger partial charge in [0, 0.05) is 11.9 Å². The fourth-order valence-corrected chi connectivity index (χ4v) is 3.25. The lowest BCUT2D eigenvalue weighted by Gasteiger charge is -2.19. The van der Waals surface area contributed by atoms with E-state index in [1.165, 1.54) is 30.4 Å². The van der Waals surface area contributed by atoms with Gasteiger partial charge in [-0.25, -0.2) is 4.98 Å². The van der Waals surface area contributed by atoms with Gasteiger partial charge in [0.05, 0.1) is 5.69 Å². The van der Waals surface area contributed by atoms with Crippen LogP contribution < -0.4 is 10.5 Å². The zero-order valence-corrected chi connectivity index (χ0v) is 11.7. The van der Waals surface area contributed by atoms with Crippen molar-refractivity contribution in [1.29, 1.82) is 0 Å². The van der Waals surface area contributed by atoms with Gasteiger partial charge in [-0.05, 0) is 42.9 Å². The van der Waals surface area contributed by atoms with Crippen molar-refractivity contribution in [1.82, 2.24) is 4.98 Å². The average molecular weight is 274 g/mol. The van der Waals surface area contributed by atoms with Crippen LogP contribution in [-0.4, -0.2) is 4.98 Å². The Morgan fingerprint density at radius 3 is 3.00 bits per heavy atom. The van der Waals surface area contributed by atoms with Crippen LogP contribution in [0.4, 0.5) is 0 Å². The Balaban J connectivity index is 1.73. The van der Waals surface area contributed by atoms with Gasteiger partial charge in [-0.3, -0.25) is 0 Å². The molecule has 2 aromatic rings. The minimum absolute atomic E-state index is 0.497. The molecule has 0 aliphatic heterocycles. The number of ether oxygens (including phenoxy) is 1. The third-order valence-electron chi connectivity index (χ3n) is 3.51. The van der Waals surface area contributed by atoms with Gasteiger partial charge in [-0.1, -0.05) is 12.1 Å². The van der Waals surface area contributed by atoms with Gasteiger partial charge in [-0.15, -0.1) is 11.3 Å². The summed E-state index contributed by atoms with van der Waals surface area (Å²) in [6.45, 7) is 1.04. The summed E-state index contributed by atoms with van der Waals surface area (Å²) in [6, 6.07) is 6.38. The predicted octanol–water partition coefficient (Wildman–Crippen LogP) is 3.06. The van der Waals surface area contributed by atoms with Gasteiger partial charge in [0.1, 0.15) is 17.4 Å². The summed E-state index contributed by atoms with van der Waals surface area (Å²) in [7, 11) is 0. The van der Waals surface area contributed by atoms with Gasteiger partial charge in [0.25, 0.3) is 0 Å². The zero-order valence-electron chi connectivity index (χ0n) is 10.9. The Bertz CT molecular complexity index is 565. The van der Waals surface area contributed by atoms with Gasteiger partial charge in [0.2, 0.25) is 0 Å². The van der Waals surface area contributed by atoms with E-state index in [0.717, 1.165) is 22.9 Å². The summed E-state index contributed by atoms with van der Waals surface area (Å²) >= 11 is 1.61. The van der Waals surface area contributed by atoms with Crippen molar-refractivity contribution in [3.05, 3.63) is 45.4 Å². The maximum Gasteiger partial charge on any atom is 0.140 e. The predicted molar refractivity (Wildman–Crippen MR) is 77.4 cm³/mol. The minimum Gasteiger partial charge on any atom is -0.486 e. The SMILES string of the molecule is NCc1csc(COc2cccc3c2CCCC3)n1. The first-order valence-electron chi connectivity index (χ1n) is 6.73. The first kappa shape index (κ1) is 12.6. The Kier molecular flexibility index (Phi) is 3.80. The molecule has 0 radical (unpaired) electrons. The molecular weight excluding hydrogens is 256 g/mol. The lowest BCUT2D eigenvalue weighted by molar-refractivity contribution is 0.300. The first-order valence-corrected chi connectivity index (χ1v) is 7.61. The molecule has 0 spiro atoms. The topological polar surface area (TPSA) is 48.1 Å². The van der Waals surface area contributed by atoms with Crippen LogP contribution in [0.25, 0.3) is 0 Å². The maximum atomic E-state index is 5.96. The summed E-state index contributed by atoms with van der Waals surface area (Å²) in [5, 5.41) is 2.99. The number of aromatic nitrogens is 1. The summed E-state index contributed by atoms with van der Waals surface area (Å²) < 4.78 is 5.96. The molecule has 19 heavy (non-hydrogen) atoms. The lowest BCUT2D eigenvalue weighted by Crippen LogP contribution is -2.06. The number of nitrogens with two attached hydrogens (primary N) is 1. The van der Waals surface area contributed by atoms with E-state index in [-0.39, 0.29) is 0 Å². The fraction of sp³-hybridized carbons (Fsp3) is 0.400. The maximum absolute atomic E-state index is 5.96. The van der Waals surface area contributed by atoms with Gasteiger partial charge >= 0.3 is 0 Å². The van der Waals surface area contributed by atoms with Crippen LogP contribution in [-0.2, 0) is 26.0 Å². The summed E-state index contributed by atoms with van der Waals surface area (Å²) in [4.78, 5) is 4.42. The van der Waals surface area contributed by atoms with Crippen molar-refractivity contribution < 1.29 is 4.74 Å². The van der Waals surface area contributed by atoms with Crippen LogP contribution in [0.15, 0.2) is 23.6 Å². The smallest absolute Gasteiger partial charge is 0.140 e. The largest absolute Gasteiger partial charge is 0.486 e. The molecule has 3 rings (SSSR count). The van der Waals surface area contributed by atoms with E-state index in [9.17, 15) is 0 Å². The first-order chi connectivity index (χ1) is 9.36. The van der Waals surface area contributed by atoms with Crippen LogP contribution in [0.1, 0.15) is 34.7 Å². The Hall–Kier alpha value is -1.39. The zero-order chi connectivity index (χ0) is 13.1. The Morgan fingerprint density at radius 2 is 2.16 bits per heavy atom. The van der Waals surface area contributed by atoms with Crippen molar-refractivity contribution in [2.45, 2.75) is 38.8 Å². The van der Waals surface area contributed by atoms with Crippen molar-refractivity contribution in [3.63, 3.8) is 0 Å². The van der Waals surface area contributed by atoms with Gasteiger partial charge < -0.3 is 10.5 Å². The van der Waals surface area contributed by atoms with Crippen molar-refractivity contribution in [2.24, 2.45) is 5.73 Å². The number of benzene rings is 1. The summed E-state index contributed by atoms with van der Waals surface area (Å²) in [5.41, 5.74) is 9.35. The van der Waals surface area contributed by atoms with Crippen molar-refractivity contribution >= 4 is 11.3 Å². The van der Waals surface area contributed by atoms with Crippen molar-refractivity contribution in [2.75, 3.05) is 0 Å². The van der Waals surface area contributed by atoms with E-state index in [1.807, 2.05) is 5.38 Å². The molecule has 1 aromatic carbocycles. The summed E-state index contributed by atoms with van der Waals surface area (Å²) in [6.07, 6.45) is 4.88. The number of rotatable bonds is 4. The Labute approximate surface area is 117 Å². The number of thiazole rings is 1. The number of aryl methyl sites for hydroxylation is 1. The number of fused-ring (bicyclic) bond motifs is 1. The summed E-state index contributed by atoms with van der Waals surface area (Å²) in [5.74, 6) is 1.03. The molecule has 3 nitrogen and oxygen atoms in total. The van der Waals surface area contributed by atoms with Crippen LogP contribution >= 0.6 is 11.3 Å². The third kappa shape index (κ3) is 2.80. The molecule has 1 heterocycles. The molecule has 1 aliphatic carbocycles. The standard InChI is InChI=1S/C15H18N2OS/c16-8-12-10-19-15(17-12)9-18-14-7-3-5-11-4-1-2-6-13(11)14/h3,5,7,10H,1-2,4,6,8-9,16H2. The highest BCUT2D eigenvalue weighted by Crippen LogP contribution is 2.30. The Morgan fingerprint density at radius 1 is 1.26 bits per heavy atom. The molecule has 100 valence electrons. The van der Waals surface area contributed by atoms with E-state index < -0.39 is 0 Å². The monoisotopic (exact) mass is 274 g/mol. The quantitative estimate of drug-likeness (QED) is 0.932. The minimum atomic E-state index is 0.497. The van der Waals surface area contributed by atoms with Crippen LogP contribution in [0.3, 0.4) is 0 Å². The molecule has 0 saturated heterocycles. The van der Waals surface area contributed by atoms with E-state index in [0.29, 0.717) is 13.2 Å². The highest BCUT2D eigenvalue weighted by Gasteiger charge is 2.14. The molecule has 0 bridgehead atoms. The molecule has 0 unspecified atom stereocenters. The van der Waals surface area contributed by atoms with Gasteiger partial charge in [-0.2, -0.15) is 0 Å². The second-order valence-corrected chi connectivity index (χ2v) is 5.77. The average Bonchev–Trinajstić information content (AvgIpc) is 2.93. The second-order valence-electron chi connectivity index (χ2n) is 4.83. The number of hydrogen-bond donors (Lipinski definition) is 1. The molecule has 4 heteroatoms. The molecule has 0 fully saturated rings. The second kappa shape index (κ2) is 5.72. The molecule has 0 atom stereocenters. The van der Waals surface area contributed by atoms with Crippen LogP contribution in [0, 0.1) is 0 Å².